The zero-order valence-corrected chi connectivity index (χ0v) is 13.3. The molecule has 1 aromatic rings. The zero-order valence-electron chi connectivity index (χ0n) is 12.5. The van der Waals surface area contributed by atoms with E-state index in [1.807, 2.05) is 0 Å². The standard InChI is InChI=1S/C16H18F2N2OS/c1-10(15-12(17)4-3-5-13(15)18)22-8-14(21)20-16(2,9-19)11-6-7-11/h3-5,10-11H,6-8H2,1-2H3,(H,20,21)/t10-,16+/m1/s1. The molecule has 0 radical (unpaired) electrons. The van der Waals surface area contributed by atoms with Crippen LogP contribution in [-0.4, -0.2) is 17.2 Å². The van der Waals surface area contributed by atoms with Gasteiger partial charge in [0, 0.05) is 10.8 Å². The molecule has 1 fully saturated rings. The number of nitriles is 1. The topological polar surface area (TPSA) is 52.9 Å². The smallest absolute Gasteiger partial charge is 0.231 e. The van der Waals surface area contributed by atoms with E-state index in [1.165, 1.54) is 18.2 Å². The van der Waals surface area contributed by atoms with Gasteiger partial charge in [-0.25, -0.2) is 8.78 Å². The molecule has 1 aliphatic rings. The Morgan fingerprint density at radius 3 is 2.59 bits per heavy atom. The van der Waals surface area contributed by atoms with Gasteiger partial charge >= 0.3 is 0 Å². The normalized spacial score (nSPS) is 18.1. The van der Waals surface area contributed by atoms with E-state index >= 15 is 0 Å². The Kier molecular flexibility index (Phi) is 5.07. The third-order valence-electron chi connectivity index (χ3n) is 3.90. The lowest BCUT2D eigenvalue weighted by Gasteiger charge is -2.23. The molecule has 6 heteroatoms. The summed E-state index contributed by atoms with van der Waals surface area (Å²) in [6, 6.07) is 5.87. The maximum atomic E-state index is 13.7. The van der Waals surface area contributed by atoms with E-state index in [2.05, 4.69) is 11.4 Å². The molecule has 0 heterocycles. The molecule has 0 aliphatic heterocycles. The monoisotopic (exact) mass is 324 g/mol. The van der Waals surface area contributed by atoms with Crippen molar-refractivity contribution in [1.29, 1.82) is 5.26 Å². The minimum absolute atomic E-state index is 0.0227. The summed E-state index contributed by atoms with van der Waals surface area (Å²) in [4.78, 5) is 12.0. The first kappa shape index (κ1) is 16.8. The van der Waals surface area contributed by atoms with Crippen molar-refractivity contribution in [2.24, 2.45) is 5.92 Å². The molecule has 0 spiro atoms. The molecule has 118 valence electrons. The highest BCUT2D eigenvalue weighted by molar-refractivity contribution is 8.00. The maximum Gasteiger partial charge on any atom is 0.231 e. The fourth-order valence-corrected chi connectivity index (χ4v) is 3.26. The van der Waals surface area contributed by atoms with Gasteiger partial charge in [0.05, 0.1) is 11.8 Å². The Balaban J connectivity index is 1.92. The Hall–Kier alpha value is -1.61. The van der Waals surface area contributed by atoms with Crippen LogP contribution in [0.3, 0.4) is 0 Å². The van der Waals surface area contributed by atoms with Gasteiger partial charge in [0.1, 0.15) is 17.2 Å². The highest BCUT2D eigenvalue weighted by Gasteiger charge is 2.42. The van der Waals surface area contributed by atoms with Gasteiger partial charge in [-0.05, 0) is 44.7 Å². The number of amides is 1. The minimum Gasteiger partial charge on any atom is -0.337 e. The molecule has 0 saturated heterocycles. The number of carbonyl (C=O) groups is 1. The van der Waals surface area contributed by atoms with Crippen LogP contribution in [0.1, 0.15) is 37.5 Å². The quantitative estimate of drug-likeness (QED) is 0.870. The summed E-state index contributed by atoms with van der Waals surface area (Å²) in [6.45, 7) is 3.37. The van der Waals surface area contributed by atoms with Gasteiger partial charge in [0.25, 0.3) is 0 Å². The van der Waals surface area contributed by atoms with Gasteiger partial charge in [-0.1, -0.05) is 6.07 Å². The minimum atomic E-state index is -0.843. The first-order chi connectivity index (χ1) is 10.4. The number of carbonyl (C=O) groups excluding carboxylic acids is 1. The largest absolute Gasteiger partial charge is 0.337 e. The predicted molar refractivity (Wildman–Crippen MR) is 82.1 cm³/mol. The Morgan fingerprint density at radius 2 is 2.09 bits per heavy atom. The SMILES string of the molecule is C[C@@H](SCC(=O)N[C@@](C)(C#N)C1CC1)c1c(F)cccc1F. The van der Waals surface area contributed by atoms with Crippen LogP contribution in [0.2, 0.25) is 0 Å². The third-order valence-corrected chi connectivity index (χ3v) is 5.06. The van der Waals surface area contributed by atoms with E-state index in [4.69, 9.17) is 0 Å². The molecule has 1 saturated carbocycles. The van der Waals surface area contributed by atoms with E-state index < -0.39 is 22.4 Å². The highest BCUT2D eigenvalue weighted by atomic mass is 32.2. The second-order valence-corrected chi connectivity index (χ2v) is 7.05. The van der Waals surface area contributed by atoms with Crippen LogP contribution >= 0.6 is 11.8 Å². The molecule has 1 aromatic carbocycles. The molecular formula is C16H18F2N2OS. The lowest BCUT2D eigenvalue weighted by molar-refractivity contribution is -0.119. The molecule has 1 amide bonds. The van der Waals surface area contributed by atoms with Crippen molar-refractivity contribution in [3.8, 4) is 6.07 Å². The van der Waals surface area contributed by atoms with Crippen LogP contribution in [0.25, 0.3) is 0 Å². The second kappa shape index (κ2) is 6.66. The molecule has 1 aliphatic carbocycles. The molecule has 0 bridgehead atoms. The summed E-state index contributed by atoms with van der Waals surface area (Å²) in [6.07, 6.45) is 1.88. The van der Waals surface area contributed by atoms with Gasteiger partial charge in [-0.2, -0.15) is 5.26 Å². The van der Waals surface area contributed by atoms with E-state index in [9.17, 15) is 18.8 Å². The molecule has 2 atom stereocenters. The molecule has 22 heavy (non-hydrogen) atoms. The number of thioether (sulfide) groups is 1. The number of rotatable bonds is 6. The van der Waals surface area contributed by atoms with Crippen LogP contribution in [0.15, 0.2) is 18.2 Å². The van der Waals surface area contributed by atoms with Crippen molar-refractivity contribution in [3.63, 3.8) is 0 Å². The van der Waals surface area contributed by atoms with Crippen LogP contribution in [0, 0.1) is 28.9 Å². The average Bonchev–Trinajstić information content (AvgIpc) is 3.30. The number of hydrogen-bond donors (Lipinski definition) is 1. The van der Waals surface area contributed by atoms with Crippen molar-refractivity contribution >= 4 is 17.7 Å². The summed E-state index contributed by atoms with van der Waals surface area (Å²) < 4.78 is 27.3. The van der Waals surface area contributed by atoms with E-state index in [0.717, 1.165) is 24.6 Å². The lowest BCUT2D eigenvalue weighted by Crippen LogP contribution is -2.47. The Labute approximate surface area is 133 Å². The van der Waals surface area contributed by atoms with E-state index in [1.54, 1.807) is 13.8 Å². The molecule has 3 nitrogen and oxygen atoms in total. The number of hydrogen-bond acceptors (Lipinski definition) is 3. The summed E-state index contributed by atoms with van der Waals surface area (Å²) in [5, 5.41) is 11.4. The Morgan fingerprint density at radius 1 is 1.50 bits per heavy atom. The highest BCUT2D eigenvalue weighted by Crippen LogP contribution is 2.39. The third kappa shape index (κ3) is 3.77. The van der Waals surface area contributed by atoms with E-state index in [-0.39, 0.29) is 23.1 Å². The van der Waals surface area contributed by atoms with Crippen molar-refractivity contribution in [2.45, 2.75) is 37.5 Å². The van der Waals surface area contributed by atoms with Gasteiger partial charge in [-0.15, -0.1) is 11.8 Å². The summed E-state index contributed by atoms with van der Waals surface area (Å²) in [5.41, 5.74) is -0.866. The van der Waals surface area contributed by atoms with Crippen LogP contribution < -0.4 is 5.32 Å². The number of benzene rings is 1. The summed E-state index contributed by atoms with van der Waals surface area (Å²) in [7, 11) is 0. The maximum absolute atomic E-state index is 13.7. The van der Waals surface area contributed by atoms with Gasteiger partial charge < -0.3 is 5.32 Å². The molecular weight excluding hydrogens is 306 g/mol. The van der Waals surface area contributed by atoms with Gasteiger partial charge in [-0.3, -0.25) is 4.79 Å². The molecule has 0 unspecified atom stereocenters. The Bertz CT molecular complexity index is 592. The first-order valence-corrected chi connectivity index (χ1v) is 8.20. The lowest BCUT2D eigenvalue weighted by atomic mass is 9.98. The van der Waals surface area contributed by atoms with Gasteiger partial charge in [0.15, 0.2) is 0 Å². The van der Waals surface area contributed by atoms with E-state index in [0.29, 0.717) is 0 Å². The number of nitrogens with one attached hydrogen (secondary N) is 1. The second-order valence-electron chi connectivity index (χ2n) is 5.73. The van der Waals surface area contributed by atoms with Crippen LogP contribution in [-0.2, 0) is 4.79 Å². The molecule has 2 rings (SSSR count). The van der Waals surface area contributed by atoms with Crippen molar-refractivity contribution in [2.75, 3.05) is 5.75 Å². The summed E-state index contributed by atoms with van der Waals surface area (Å²) >= 11 is 1.15. The first-order valence-electron chi connectivity index (χ1n) is 7.15. The van der Waals surface area contributed by atoms with Crippen molar-refractivity contribution in [1.82, 2.24) is 5.32 Å². The molecule has 1 N–H and O–H groups in total. The van der Waals surface area contributed by atoms with Crippen molar-refractivity contribution in [3.05, 3.63) is 35.4 Å². The number of halogens is 2. The predicted octanol–water partition coefficient (Wildman–Crippen LogP) is 3.57. The van der Waals surface area contributed by atoms with Crippen LogP contribution in [0.4, 0.5) is 8.78 Å². The fraction of sp³-hybridized carbons (Fsp3) is 0.500. The summed E-state index contributed by atoms with van der Waals surface area (Å²) in [5.74, 6) is -1.25. The average molecular weight is 324 g/mol. The number of nitrogens with zero attached hydrogens (tertiary/aromatic N) is 1. The zero-order chi connectivity index (χ0) is 16.3. The fourth-order valence-electron chi connectivity index (χ4n) is 2.39. The van der Waals surface area contributed by atoms with Gasteiger partial charge in [0.2, 0.25) is 5.91 Å². The van der Waals surface area contributed by atoms with Crippen LogP contribution in [0.5, 0.6) is 0 Å². The van der Waals surface area contributed by atoms with Crippen molar-refractivity contribution < 1.29 is 13.6 Å². The molecule has 0 aromatic heterocycles.